The van der Waals surface area contributed by atoms with E-state index in [0.717, 1.165) is 0 Å². The van der Waals surface area contributed by atoms with Gasteiger partial charge in [-0.05, 0) is 18.2 Å². The molecular formula is C19H20ClF2N3O4. The van der Waals surface area contributed by atoms with Crippen molar-refractivity contribution in [3.63, 3.8) is 0 Å². The number of morpholine rings is 1. The molecule has 0 spiro atoms. The Labute approximate surface area is 171 Å². The number of pyridine rings is 1. The average molecular weight is 428 g/mol. The third kappa shape index (κ3) is 4.86. The number of alkyl halides is 2. The quantitative estimate of drug-likeness (QED) is 0.757. The zero-order chi connectivity index (χ0) is 21.0. The van der Waals surface area contributed by atoms with Crippen molar-refractivity contribution in [1.82, 2.24) is 9.88 Å². The van der Waals surface area contributed by atoms with E-state index in [1.54, 1.807) is 17.0 Å². The maximum atomic E-state index is 13.2. The van der Waals surface area contributed by atoms with E-state index >= 15 is 0 Å². The van der Waals surface area contributed by atoms with Crippen molar-refractivity contribution in [2.75, 3.05) is 31.6 Å². The predicted octanol–water partition coefficient (Wildman–Crippen LogP) is 4.61. The van der Waals surface area contributed by atoms with E-state index in [4.69, 9.17) is 16.3 Å². The maximum absolute atomic E-state index is 13.2. The number of nitrogens with zero attached hydrogens (tertiary/aromatic N) is 2. The number of halogens is 3. The number of anilines is 1. The summed E-state index contributed by atoms with van der Waals surface area (Å²) < 4.78 is 40.4. The van der Waals surface area contributed by atoms with Crippen molar-refractivity contribution in [2.24, 2.45) is 0 Å². The summed E-state index contributed by atoms with van der Waals surface area (Å²) in [5.41, 5.74) is 1.03. The van der Waals surface area contributed by atoms with Crippen LogP contribution in [0.5, 0.6) is 11.5 Å². The number of nitrogens with one attached hydrogen (secondary N) is 1. The Hall–Kier alpha value is -2.65. The van der Waals surface area contributed by atoms with Gasteiger partial charge in [0.25, 0.3) is 0 Å². The summed E-state index contributed by atoms with van der Waals surface area (Å²) in [4.78, 5) is 18.0. The SMILES string of the molecule is CC.O=C(Nc1ccc(-c2cc3c(cc2Cl)OC(F)(F)O3)cn1)N1CCOCC1. The highest BCUT2D eigenvalue weighted by Gasteiger charge is 2.43. The Morgan fingerprint density at radius 2 is 1.83 bits per heavy atom. The number of benzene rings is 1. The fraction of sp³-hybridized carbons (Fsp3) is 0.368. The zero-order valence-corrected chi connectivity index (χ0v) is 16.6. The first kappa shape index (κ1) is 21.1. The van der Waals surface area contributed by atoms with Crippen molar-refractivity contribution in [1.29, 1.82) is 0 Å². The number of amides is 2. The lowest BCUT2D eigenvalue weighted by Crippen LogP contribution is -2.43. The highest BCUT2D eigenvalue weighted by atomic mass is 35.5. The molecule has 0 radical (unpaired) electrons. The van der Waals surface area contributed by atoms with Gasteiger partial charge in [0.15, 0.2) is 11.5 Å². The van der Waals surface area contributed by atoms with Gasteiger partial charge in [0.05, 0.1) is 18.2 Å². The van der Waals surface area contributed by atoms with Crippen molar-refractivity contribution in [3.8, 4) is 22.6 Å². The van der Waals surface area contributed by atoms with Crippen LogP contribution < -0.4 is 14.8 Å². The standard InChI is InChI=1S/C17H14ClF2N3O4.C2H6/c18-12-8-14-13(26-17(19,20)27-14)7-11(12)10-1-2-15(21-9-10)22-16(24)23-3-5-25-6-4-23;1-2/h1-2,7-9H,3-6H2,(H,21,22,24);1-2H3. The number of urea groups is 1. The van der Waals surface area contributed by atoms with Crippen LogP contribution in [0.3, 0.4) is 0 Å². The van der Waals surface area contributed by atoms with Gasteiger partial charge in [-0.3, -0.25) is 5.32 Å². The van der Waals surface area contributed by atoms with Crippen LogP contribution in [0, 0.1) is 0 Å². The molecule has 0 saturated carbocycles. The van der Waals surface area contributed by atoms with Crippen LogP contribution in [-0.2, 0) is 4.74 Å². The molecule has 1 fully saturated rings. The second kappa shape index (κ2) is 8.79. The molecule has 4 rings (SSSR count). The third-order valence-corrected chi connectivity index (χ3v) is 4.41. The molecule has 7 nitrogen and oxygen atoms in total. The third-order valence-electron chi connectivity index (χ3n) is 4.10. The molecule has 3 heterocycles. The largest absolute Gasteiger partial charge is 0.586 e. The van der Waals surface area contributed by atoms with E-state index < -0.39 is 6.29 Å². The summed E-state index contributed by atoms with van der Waals surface area (Å²) in [6.45, 7) is 6.03. The molecule has 2 amide bonds. The Morgan fingerprint density at radius 1 is 1.17 bits per heavy atom. The summed E-state index contributed by atoms with van der Waals surface area (Å²) in [5.74, 6) is 0.124. The summed E-state index contributed by atoms with van der Waals surface area (Å²) >= 11 is 6.16. The van der Waals surface area contributed by atoms with Crippen LogP contribution in [0.4, 0.5) is 19.4 Å². The van der Waals surface area contributed by atoms with Crippen LogP contribution in [0.25, 0.3) is 11.1 Å². The molecular weight excluding hydrogens is 408 g/mol. The van der Waals surface area contributed by atoms with Gasteiger partial charge in [0.1, 0.15) is 5.82 Å². The molecule has 1 aromatic heterocycles. The van der Waals surface area contributed by atoms with E-state index in [1.165, 1.54) is 18.3 Å². The number of aromatic nitrogens is 1. The average Bonchev–Trinajstić information content (AvgIpc) is 3.03. The van der Waals surface area contributed by atoms with Gasteiger partial charge in [-0.2, -0.15) is 0 Å². The van der Waals surface area contributed by atoms with Crippen LogP contribution in [0.2, 0.25) is 5.02 Å². The Kier molecular flexibility index (Phi) is 6.39. The Balaban J connectivity index is 0.00000117. The van der Waals surface area contributed by atoms with Gasteiger partial charge in [-0.1, -0.05) is 25.4 Å². The van der Waals surface area contributed by atoms with Gasteiger partial charge < -0.3 is 19.1 Å². The highest BCUT2D eigenvalue weighted by molar-refractivity contribution is 6.33. The minimum Gasteiger partial charge on any atom is -0.395 e. The van der Waals surface area contributed by atoms with Crippen LogP contribution in [-0.4, -0.2) is 48.5 Å². The number of fused-ring (bicyclic) bond motifs is 1. The molecule has 1 N–H and O–H groups in total. The molecule has 1 aromatic carbocycles. The normalized spacial score (nSPS) is 16.7. The van der Waals surface area contributed by atoms with Crippen molar-refractivity contribution in [2.45, 2.75) is 20.1 Å². The second-order valence-electron chi connectivity index (χ2n) is 5.91. The molecule has 0 atom stereocenters. The number of hydrogen-bond acceptors (Lipinski definition) is 5. The van der Waals surface area contributed by atoms with Gasteiger partial charge >= 0.3 is 12.3 Å². The first-order valence-electron chi connectivity index (χ1n) is 9.11. The number of rotatable bonds is 2. The van der Waals surface area contributed by atoms with E-state index in [2.05, 4.69) is 19.8 Å². The lowest BCUT2D eigenvalue weighted by Gasteiger charge is -2.26. The van der Waals surface area contributed by atoms with Crippen molar-refractivity contribution in [3.05, 3.63) is 35.5 Å². The molecule has 2 aliphatic heterocycles. The molecule has 0 unspecified atom stereocenters. The molecule has 2 aromatic rings. The molecule has 2 aliphatic rings. The monoisotopic (exact) mass is 427 g/mol. The Morgan fingerprint density at radius 3 is 2.45 bits per heavy atom. The topological polar surface area (TPSA) is 72.9 Å². The first-order valence-corrected chi connectivity index (χ1v) is 9.48. The predicted molar refractivity (Wildman–Crippen MR) is 104 cm³/mol. The lowest BCUT2D eigenvalue weighted by molar-refractivity contribution is -0.286. The molecule has 29 heavy (non-hydrogen) atoms. The van der Waals surface area contributed by atoms with Gasteiger partial charge in [-0.15, -0.1) is 8.78 Å². The summed E-state index contributed by atoms with van der Waals surface area (Å²) in [6, 6.07) is 5.64. The second-order valence-corrected chi connectivity index (χ2v) is 6.32. The summed E-state index contributed by atoms with van der Waals surface area (Å²) in [7, 11) is 0. The number of carbonyl (C=O) groups is 1. The van der Waals surface area contributed by atoms with Crippen LogP contribution in [0.1, 0.15) is 13.8 Å². The van der Waals surface area contributed by atoms with Crippen LogP contribution in [0.15, 0.2) is 30.5 Å². The minimum atomic E-state index is -3.71. The van der Waals surface area contributed by atoms with E-state index in [9.17, 15) is 13.6 Å². The van der Waals surface area contributed by atoms with Gasteiger partial charge in [0, 0.05) is 36.5 Å². The van der Waals surface area contributed by atoms with Gasteiger partial charge in [-0.25, -0.2) is 9.78 Å². The molecule has 1 saturated heterocycles. The first-order chi connectivity index (χ1) is 13.9. The lowest BCUT2D eigenvalue weighted by atomic mass is 10.1. The van der Waals surface area contributed by atoms with Crippen molar-refractivity contribution < 1.29 is 27.8 Å². The number of carbonyl (C=O) groups excluding carboxylic acids is 1. The van der Waals surface area contributed by atoms with E-state index in [-0.39, 0.29) is 22.6 Å². The Bertz CT molecular complexity index is 875. The fourth-order valence-corrected chi connectivity index (χ4v) is 3.04. The van der Waals surface area contributed by atoms with Crippen molar-refractivity contribution >= 4 is 23.4 Å². The minimum absolute atomic E-state index is 0.107. The smallest absolute Gasteiger partial charge is 0.395 e. The van der Waals surface area contributed by atoms with Gasteiger partial charge in [0.2, 0.25) is 0 Å². The molecule has 156 valence electrons. The number of ether oxygens (including phenoxy) is 3. The number of hydrogen-bond donors (Lipinski definition) is 1. The summed E-state index contributed by atoms with van der Waals surface area (Å²) in [6.07, 6.45) is -2.23. The van der Waals surface area contributed by atoms with E-state index in [1.807, 2.05) is 13.8 Å². The zero-order valence-electron chi connectivity index (χ0n) is 15.9. The summed E-state index contributed by atoms with van der Waals surface area (Å²) in [5, 5.41) is 2.91. The van der Waals surface area contributed by atoms with Crippen LogP contribution >= 0.6 is 11.6 Å². The maximum Gasteiger partial charge on any atom is 0.586 e. The fourth-order valence-electron chi connectivity index (χ4n) is 2.77. The highest BCUT2D eigenvalue weighted by Crippen LogP contribution is 2.45. The molecule has 0 bridgehead atoms. The molecule has 0 aliphatic carbocycles. The van der Waals surface area contributed by atoms with E-state index in [0.29, 0.717) is 43.2 Å². The molecule has 10 heteroatoms.